The van der Waals surface area contributed by atoms with E-state index >= 15 is 0 Å². The van der Waals surface area contributed by atoms with Crippen molar-refractivity contribution < 1.29 is 8.94 Å². The van der Waals surface area contributed by atoms with E-state index in [0.29, 0.717) is 0 Å². The molecule has 2 saturated heterocycles. The van der Waals surface area contributed by atoms with Crippen LogP contribution < -0.4 is 5.32 Å². The maximum atomic E-state index is 5.98. The van der Waals surface area contributed by atoms with Crippen LogP contribution in [0.4, 0.5) is 0 Å². The maximum absolute atomic E-state index is 5.98. The number of rotatable bonds is 6. The minimum Gasteiger partial charge on any atom is -0.465 e. The highest BCUT2D eigenvalue weighted by Gasteiger charge is 2.27. The summed E-state index contributed by atoms with van der Waals surface area (Å²) in [5.74, 6) is 2.99. The predicted molar refractivity (Wildman–Crippen MR) is 112 cm³/mol. The van der Waals surface area contributed by atoms with Crippen LogP contribution in [-0.2, 0) is 6.54 Å². The first-order chi connectivity index (χ1) is 14.2. The van der Waals surface area contributed by atoms with Crippen LogP contribution in [0.25, 0.3) is 0 Å². The number of nitrogens with one attached hydrogen (secondary N) is 1. The summed E-state index contributed by atoms with van der Waals surface area (Å²) >= 11 is 0. The molecule has 8 nitrogen and oxygen atoms in total. The van der Waals surface area contributed by atoms with Crippen molar-refractivity contribution >= 4 is 5.96 Å². The third-order valence-corrected chi connectivity index (χ3v) is 5.89. The van der Waals surface area contributed by atoms with Crippen molar-refractivity contribution in [3.63, 3.8) is 0 Å². The Bertz CT molecular complexity index is 773. The number of nitrogens with zero attached hydrogens (tertiary/aromatic N) is 5. The monoisotopic (exact) mass is 400 g/mol. The zero-order valence-corrected chi connectivity index (χ0v) is 17.5. The van der Waals surface area contributed by atoms with Crippen molar-refractivity contribution in [2.45, 2.75) is 32.4 Å². The van der Waals surface area contributed by atoms with Crippen molar-refractivity contribution in [2.24, 2.45) is 4.99 Å². The number of hydrogen-bond donors (Lipinski definition) is 1. The maximum Gasteiger partial charge on any atom is 0.193 e. The fraction of sp³-hybridized carbons (Fsp3) is 0.619. The Labute approximate surface area is 172 Å². The Hall–Kier alpha value is -2.32. The van der Waals surface area contributed by atoms with E-state index in [1.165, 1.54) is 12.8 Å². The van der Waals surface area contributed by atoms with Gasteiger partial charge in [0.15, 0.2) is 5.96 Å². The molecule has 0 saturated carbocycles. The minimum absolute atomic E-state index is 0.247. The number of aliphatic imine (C=N–C) groups is 1. The smallest absolute Gasteiger partial charge is 0.193 e. The van der Waals surface area contributed by atoms with Gasteiger partial charge >= 0.3 is 0 Å². The van der Waals surface area contributed by atoms with Gasteiger partial charge in [-0.1, -0.05) is 5.16 Å². The molecule has 2 aliphatic rings. The molecule has 0 aromatic carbocycles. The zero-order valence-electron chi connectivity index (χ0n) is 17.5. The van der Waals surface area contributed by atoms with E-state index < -0.39 is 0 Å². The third kappa shape index (κ3) is 5.00. The van der Waals surface area contributed by atoms with Crippen LogP contribution in [0.1, 0.15) is 36.1 Å². The summed E-state index contributed by atoms with van der Waals surface area (Å²) in [5.41, 5.74) is 0.989. The van der Waals surface area contributed by atoms with Crippen molar-refractivity contribution in [1.82, 2.24) is 25.2 Å². The van der Waals surface area contributed by atoms with Gasteiger partial charge in [0.2, 0.25) is 0 Å². The second-order valence-electron chi connectivity index (χ2n) is 7.89. The molecule has 0 bridgehead atoms. The average Bonchev–Trinajstić information content (AvgIpc) is 3.50. The van der Waals surface area contributed by atoms with Gasteiger partial charge in [0, 0.05) is 52.4 Å². The highest BCUT2D eigenvalue weighted by Crippen LogP contribution is 2.26. The summed E-state index contributed by atoms with van der Waals surface area (Å²) in [4.78, 5) is 11.8. The lowest BCUT2D eigenvalue weighted by Gasteiger charge is -2.37. The molecule has 4 rings (SSSR count). The molecule has 0 spiro atoms. The molecule has 0 aliphatic carbocycles. The summed E-state index contributed by atoms with van der Waals surface area (Å²) in [5, 5.41) is 7.63. The lowest BCUT2D eigenvalue weighted by molar-refractivity contribution is 0.166. The molecule has 0 radical (unpaired) electrons. The number of furan rings is 1. The van der Waals surface area contributed by atoms with E-state index in [1.54, 1.807) is 6.26 Å². The van der Waals surface area contributed by atoms with E-state index in [4.69, 9.17) is 8.94 Å². The molecular formula is C21H32N6O2. The Kier molecular flexibility index (Phi) is 6.51. The van der Waals surface area contributed by atoms with Gasteiger partial charge in [-0.15, -0.1) is 0 Å². The zero-order chi connectivity index (χ0) is 20.1. The van der Waals surface area contributed by atoms with E-state index in [9.17, 15) is 0 Å². The first-order valence-corrected chi connectivity index (χ1v) is 10.6. The molecule has 4 heterocycles. The van der Waals surface area contributed by atoms with E-state index in [0.717, 1.165) is 75.5 Å². The van der Waals surface area contributed by atoms with Gasteiger partial charge < -0.3 is 19.2 Å². The van der Waals surface area contributed by atoms with Crippen LogP contribution in [0, 0.1) is 6.92 Å². The van der Waals surface area contributed by atoms with Gasteiger partial charge in [0.1, 0.15) is 17.8 Å². The first-order valence-electron chi connectivity index (χ1n) is 10.6. The topological polar surface area (TPSA) is 73.3 Å². The second-order valence-corrected chi connectivity index (χ2v) is 7.89. The minimum atomic E-state index is 0.247. The van der Waals surface area contributed by atoms with Gasteiger partial charge in [-0.2, -0.15) is 0 Å². The first kappa shape index (κ1) is 20.0. The summed E-state index contributed by atoms with van der Waals surface area (Å²) in [7, 11) is 1.87. The van der Waals surface area contributed by atoms with Crippen LogP contribution in [-0.4, -0.2) is 78.7 Å². The summed E-state index contributed by atoms with van der Waals surface area (Å²) in [6.45, 7) is 9.79. The fourth-order valence-corrected chi connectivity index (χ4v) is 4.28. The molecular weight excluding hydrogens is 368 g/mol. The molecule has 2 aromatic rings. The summed E-state index contributed by atoms with van der Waals surface area (Å²) < 4.78 is 10.9. The van der Waals surface area contributed by atoms with E-state index in [-0.39, 0.29) is 6.04 Å². The predicted octanol–water partition coefficient (Wildman–Crippen LogP) is 2.11. The Morgan fingerprint density at radius 1 is 1.14 bits per heavy atom. The number of aryl methyl sites for hydroxylation is 1. The van der Waals surface area contributed by atoms with Gasteiger partial charge in [-0.25, -0.2) is 0 Å². The molecule has 2 aliphatic heterocycles. The lowest BCUT2D eigenvalue weighted by Crippen LogP contribution is -2.53. The van der Waals surface area contributed by atoms with Crippen LogP contribution in [0.15, 0.2) is 38.4 Å². The quantitative estimate of drug-likeness (QED) is 0.588. The normalized spacial score (nSPS) is 20.3. The number of aromatic nitrogens is 1. The molecule has 158 valence electrons. The van der Waals surface area contributed by atoms with Crippen LogP contribution in [0.5, 0.6) is 0 Å². The second kappa shape index (κ2) is 9.45. The lowest BCUT2D eigenvalue weighted by atomic mass is 10.2. The molecule has 2 aromatic heterocycles. The standard InChI is InChI=1S/C21H32N6O2/c1-17-5-6-20(29-17)19(26-8-3-4-9-26)15-23-21(22-2)27-12-10-25(11-13-27)16-18-7-14-28-24-18/h5-7,14,19H,3-4,8-13,15-16H2,1-2H3,(H,22,23). The molecule has 2 fully saturated rings. The van der Waals surface area contributed by atoms with Crippen molar-refractivity contribution in [1.29, 1.82) is 0 Å². The SMILES string of the molecule is CN=C(NCC(c1ccc(C)o1)N1CCCC1)N1CCN(Cc2ccon2)CC1. The fourth-order valence-electron chi connectivity index (χ4n) is 4.28. The average molecular weight is 401 g/mol. The molecule has 1 N–H and O–H groups in total. The van der Waals surface area contributed by atoms with Gasteiger partial charge in [0.05, 0.1) is 11.7 Å². The van der Waals surface area contributed by atoms with Crippen LogP contribution in [0.2, 0.25) is 0 Å². The molecule has 8 heteroatoms. The van der Waals surface area contributed by atoms with Crippen molar-refractivity contribution in [3.05, 3.63) is 41.7 Å². The number of hydrogen-bond acceptors (Lipinski definition) is 6. The van der Waals surface area contributed by atoms with E-state index in [2.05, 4.69) is 42.3 Å². The van der Waals surface area contributed by atoms with Crippen molar-refractivity contribution in [3.8, 4) is 0 Å². The molecule has 1 unspecified atom stereocenters. The van der Waals surface area contributed by atoms with E-state index in [1.807, 2.05) is 20.0 Å². The Balaban J connectivity index is 1.32. The van der Waals surface area contributed by atoms with Gasteiger partial charge in [-0.05, 0) is 45.0 Å². The van der Waals surface area contributed by atoms with Crippen molar-refractivity contribution in [2.75, 3.05) is 52.9 Å². The summed E-state index contributed by atoms with van der Waals surface area (Å²) in [6.07, 6.45) is 4.16. The number of guanidine groups is 1. The van der Waals surface area contributed by atoms with Crippen LogP contribution in [0.3, 0.4) is 0 Å². The number of likely N-dealkylation sites (tertiary alicyclic amines) is 1. The molecule has 29 heavy (non-hydrogen) atoms. The highest BCUT2D eigenvalue weighted by atomic mass is 16.5. The largest absolute Gasteiger partial charge is 0.465 e. The molecule has 1 atom stereocenters. The Morgan fingerprint density at radius 3 is 2.55 bits per heavy atom. The van der Waals surface area contributed by atoms with Crippen LogP contribution >= 0.6 is 0 Å². The van der Waals surface area contributed by atoms with Gasteiger partial charge in [-0.3, -0.25) is 14.8 Å². The van der Waals surface area contributed by atoms with Gasteiger partial charge in [0.25, 0.3) is 0 Å². The summed E-state index contributed by atoms with van der Waals surface area (Å²) in [6, 6.07) is 6.35. The number of piperazine rings is 1. The third-order valence-electron chi connectivity index (χ3n) is 5.89. The highest BCUT2D eigenvalue weighted by molar-refractivity contribution is 5.80. The Morgan fingerprint density at radius 2 is 1.93 bits per heavy atom. The molecule has 0 amide bonds.